The van der Waals surface area contributed by atoms with E-state index in [0.29, 0.717) is 22.9 Å². The lowest BCUT2D eigenvalue weighted by atomic mass is 9.94. The lowest BCUT2D eigenvalue weighted by Crippen LogP contribution is -2.55. The van der Waals surface area contributed by atoms with Crippen LogP contribution in [0.4, 0.5) is 10.1 Å². The Bertz CT molecular complexity index is 1960. The molecule has 0 saturated heterocycles. The van der Waals surface area contributed by atoms with Crippen molar-refractivity contribution < 1.29 is 31.9 Å². The minimum Gasteiger partial charge on any atom is -0.486 e. The Morgan fingerprint density at radius 2 is 1.57 bits per heavy atom. The van der Waals surface area contributed by atoms with E-state index in [2.05, 4.69) is 5.32 Å². The number of amides is 2. The summed E-state index contributed by atoms with van der Waals surface area (Å²) in [4.78, 5) is 30.3. The van der Waals surface area contributed by atoms with Gasteiger partial charge in [-0.3, -0.25) is 13.9 Å². The third-order valence-electron chi connectivity index (χ3n) is 9.07. The van der Waals surface area contributed by atoms with E-state index in [1.54, 1.807) is 18.2 Å². The maximum atomic E-state index is 14.8. The van der Waals surface area contributed by atoms with Crippen LogP contribution < -0.4 is 19.1 Å². The van der Waals surface area contributed by atoms with Crippen LogP contribution in [0.5, 0.6) is 11.5 Å². The molecule has 2 aliphatic rings. The van der Waals surface area contributed by atoms with Gasteiger partial charge in [0.25, 0.3) is 10.0 Å². The third kappa shape index (κ3) is 8.95. The van der Waals surface area contributed by atoms with Gasteiger partial charge < -0.3 is 19.7 Å². The first kappa shape index (κ1) is 36.5. The first-order chi connectivity index (χ1) is 24.6. The highest BCUT2D eigenvalue weighted by atomic mass is 35.5. The molecule has 1 aliphatic heterocycles. The number of ether oxygens (including phenoxy) is 2. The molecule has 1 unspecified atom stereocenters. The predicted octanol–water partition coefficient (Wildman–Crippen LogP) is 7.19. The molecule has 1 heterocycles. The fraction of sp³-hybridized carbons (Fsp3) is 0.316. The van der Waals surface area contributed by atoms with Gasteiger partial charge in [-0.2, -0.15) is 0 Å². The number of sulfonamides is 1. The summed E-state index contributed by atoms with van der Waals surface area (Å²) in [6, 6.07) is 22.1. The molecule has 51 heavy (non-hydrogen) atoms. The normalized spacial score (nSPS) is 15.1. The van der Waals surface area contributed by atoms with Gasteiger partial charge in [-0.1, -0.05) is 78.9 Å². The molecule has 0 radical (unpaired) electrons. The molecule has 9 nitrogen and oxygen atoms in total. The summed E-state index contributed by atoms with van der Waals surface area (Å²) < 4.78 is 55.1. The molecule has 0 aromatic heterocycles. The zero-order valence-electron chi connectivity index (χ0n) is 27.8. The molecule has 268 valence electrons. The second kappa shape index (κ2) is 16.4. The Morgan fingerprint density at radius 3 is 2.27 bits per heavy atom. The van der Waals surface area contributed by atoms with Crippen LogP contribution in [-0.2, 0) is 32.6 Å². The maximum Gasteiger partial charge on any atom is 0.264 e. The summed E-state index contributed by atoms with van der Waals surface area (Å²) in [7, 11) is -4.46. The van der Waals surface area contributed by atoms with Crippen molar-refractivity contribution in [3.8, 4) is 11.5 Å². The number of benzene rings is 4. The van der Waals surface area contributed by atoms with Gasteiger partial charge >= 0.3 is 0 Å². The van der Waals surface area contributed by atoms with Crippen LogP contribution in [0.25, 0.3) is 0 Å². The number of nitrogens with one attached hydrogen (secondary N) is 1. The zero-order chi connectivity index (χ0) is 36.0. The number of anilines is 1. The molecule has 4 aromatic carbocycles. The Balaban J connectivity index is 1.41. The summed E-state index contributed by atoms with van der Waals surface area (Å²) in [5, 5.41) is 3.85. The van der Waals surface area contributed by atoms with Crippen LogP contribution in [0.15, 0.2) is 95.9 Å². The van der Waals surface area contributed by atoms with Gasteiger partial charge in [0.15, 0.2) is 11.5 Å². The molecule has 6 rings (SSSR count). The van der Waals surface area contributed by atoms with Crippen molar-refractivity contribution >= 4 is 50.7 Å². The minimum absolute atomic E-state index is 0.0492. The van der Waals surface area contributed by atoms with Gasteiger partial charge in [0.2, 0.25) is 11.8 Å². The molecule has 1 fully saturated rings. The second-order valence-corrected chi connectivity index (χ2v) is 15.3. The van der Waals surface area contributed by atoms with Gasteiger partial charge in [-0.15, -0.1) is 0 Å². The van der Waals surface area contributed by atoms with E-state index in [4.69, 9.17) is 32.7 Å². The van der Waals surface area contributed by atoms with Crippen molar-refractivity contribution in [2.45, 2.75) is 62.0 Å². The van der Waals surface area contributed by atoms with E-state index < -0.39 is 34.3 Å². The van der Waals surface area contributed by atoms with Crippen LogP contribution in [0.2, 0.25) is 10.0 Å². The lowest BCUT2D eigenvalue weighted by molar-refractivity contribution is -0.140. The number of carbonyl (C=O) groups is 2. The third-order valence-corrected chi connectivity index (χ3v) is 11.4. The minimum atomic E-state index is -4.46. The zero-order valence-corrected chi connectivity index (χ0v) is 30.1. The van der Waals surface area contributed by atoms with E-state index in [1.807, 2.05) is 30.3 Å². The van der Waals surface area contributed by atoms with Gasteiger partial charge in [0.05, 0.1) is 10.6 Å². The van der Waals surface area contributed by atoms with Crippen molar-refractivity contribution in [2.75, 3.05) is 24.1 Å². The molecule has 2 amide bonds. The van der Waals surface area contributed by atoms with Gasteiger partial charge in [-0.25, -0.2) is 12.8 Å². The van der Waals surface area contributed by atoms with Crippen molar-refractivity contribution in [3.63, 3.8) is 0 Å². The first-order valence-corrected chi connectivity index (χ1v) is 19.0. The van der Waals surface area contributed by atoms with Crippen LogP contribution in [-0.4, -0.2) is 57.0 Å². The molecule has 0 spiro atoms. The van der Waals surface area contributed by atoms with Crippen LogP contribution in [0, 0.1) is 5.82 Å². The number of hydrogen-bond donors (Lipinski definition) is 1. The Hall–Kier alpha value is -4.32. The fourth-order valence-corrected chi connectivity index (χ4v) is 8.28. The molecular formula is C38H38Cl2FN3O6S. The summed E-state index contributed by atoms with van der Waals surface area (Å²) >= 11 is 12.8. The Labute approximate surface area is 307 Å². The molecule has 13 heteroatoms. The number of fused-ring (bicyclic) bond motifs is 1. The largest absolute Gasteiger partial charge is 0.486 e. The van der Waals surface area contributed by atoms with Gasteiger partial charge in [0.1, 0.15) is 31.6 Å². The first-order valence-electron chi connectivity index (χ1n) is 16.8. The van der Waals surface area contributed by atoms with Crippen molar-refractivity contribution in [3.05, 3.63) is 118 Å². The number of carbonyl (C=O) groups excluding carboxylic acids is 2. The highest BCUT2D eigenvalue weighted by Gasteiger charge is 2.36. The fourth-order valence-electron chi connectivity index (χ4n) is 6.38. The highest BCUT2D eigenvalue weighted by Crippen LogP contribution is 2.35. The van der Waals surface area contributed by atoms with E-state index in [1.165, 1.54) is 35.2 Å². The van der Waals surface area contributed by atoms with E-state index in [0.717, 1.165) is 54.1 Å². The highest BCUT2D eigenvalue weighted by molar-refractivity contribution is 7.92. The average molecular weight is 755 g/mol. The summed E-state index contributed by atoms with van der Waals surface area (Å²) in [6.07, 6.45) is 4.88. The molecule has 1 atom stereocenters. The van der Waals surface area contributed by atoms with Gasteiger partial charge in [0, 0.05) is 35.1 Å². The quantitative estimate of drug-likeness (QED) is 0.164. The van der Waals surface area contributed by atoms with Crippen molar-refractivity contribution in [2.24, 2.45) is 0 Å². The smallest absolute Gasteiger partial charge is 0.264 e. The van der Waals surface area contributed by atoms with Crippen molar-refractivity contribution in [1.82, 2.24) is 10.2 Å². The second-order valence-electron chi connectivity index (χ2n) is 12.6. The van der Waals surface area contributed by atoms with E-state index in [9.17, 15) is 22.4 Å². The molecule has 1 aliphatic carbocycles. The van der Waals surface area contributed by atoms with E-state index in [-0.39, 0.29) is 52.9 Å². The molecular weight excluding hydrogens is 716 g/mol. The van der Waals surface area contributed by atoms with Crippen LogP contribution in [0.1, 0.15) is 43.2 Å². The molecule has 0 bridgehead atoms. The summed E-state index contributed by atoms with van der Waals surface area (Å²) in [5.74, 6) is -0.973. The number of rotatable bonds is 12. The monoisotopic (exact) mass is 753 g/mol. The summed E-state index contributed by atoms with van der Waals surface area (Å²) in [5.41, 5.74) is 1.37. The molecule has 4 aromatic rings. The topological polar surface area (TPSA) is 105 Å². The van der Waals surface area contributed by atoms with Crippen LogP contribution >= 0.6 is 23.2 Å². The predicted molar refractivity (Wildman–Crippen MR) is 194 cm³/mol. The number of hydrogen-bond acceptors (Lipinski definition) is 6. The number of nitrogens with zero attached hydrogens (tertiary/aromatic N) is 2. The SMILES string of the molecule is O=C(NC1CCCCC1)C(Cc1ccccc1)N(Cc1ccc(Cl)cc1Cl)C(=O)CN(c1ccc(F)cc1)S(=O)(=O)c1ccc2c(c1)OCCO2. The Morgan fingerprint density at radius 1 is 0.863 bits per heavy atom. The molecule has 1 N–H and O–H groups in total. The van der Waals surface area contributed by atoms with Crippen molar-refractivity contribution in [1.29, 1.82) is 0 Å². The summed E-state index contributed by atoms with van der Waals surface area (Å²) in [6.45, 7) is -0.271. The molecule has 1 saturated carbocycles. The number of halogens is 3. The Kier molecular flexibility index (Phi) is 11.7. The van der Waals surface area contributed by atoms with Crippen LogP contribution in [0.3, 0.4) is 0 Å². The van der Waals surface area contributed by atoms with Gasteiger partial charge in [-0.05, 0) is 72.5 Å². The standard InChI is InChI=1S/C38H38Cl2FN3O6S/c39-28-12-11-27(33(40)22-28)24-43(34(21-26-7-3-1-4-8-26)38(46)42-30-9-5-2-6-10-30)37(45)25-44(31-15-13-29(41)14-16-31)51(47,48)32-17-18-35-36(23-32)50-20-19-49-35/h1,3-4,7-8,11-18,22-23,30,34H,2,5-6,9-10,19-21,24-25H2,(H,42,46). The van der Waals surface area contributed by atoms with E-state index >= 15 is 0 Å². The average Bonchev–Trinajstić information content (AvgIpc) is 3.13. The maximum absolute atomic E-state index is 14.8. The lowest BCUT2D eigenvalue weighted by Gasteiger charge is -2.35.